The van der Waals surface area contributed by atoms with E-state index in [1.165, 1.54) is 0 Å². The number of carbonyl (C=O) groups excluding carboxylic acids is 1. The summed E-state index contributed by atoms with van der Waals surface area (Å²) in [5.74, 6) is 0. The van der Waals surface area contributed by atoms with Crippen molar-refractivity contribution in [1.29, 1.82) is 0 Å². The Morgan fingerprint density at radius 2 is 1.09 bits per heavy atom. The Hall–Kier alpha value is 0.712. The van der Waals surface area contributed by atoms with Gasteiger partial charge in [-0.2, -0.15) is 17.7 Å². The summed E-state index contributed by atoms with van der Waals surface area (Å²) in [6.07, 6.45) is 1.78. The Labute approximate surface area is 166 Å². The minimum absolute atomic E-state index is 0.391. The van der Waals surface area contributed by atoms with Crippen molar-refractivity contribution in [2.24, 2.45) is 0 Å². The van der Waals surface area contributed by atoms with Crippen molar-refractivity contribution in [3.63, 3.8) is 0 Å². The van der Waals surface area contributed by atoms with Gasteiger partial charge in [0.25, 0.3) is 0 Å². The molecule has 0 aliphatic rings. The SMILES string of the molecule is CC(C)(C)[PH+](C(C)(C)C)C(C)(C)C.O=[C-]c1ccccc1.[Pd+][I]. The first-order valence-electron chi connectivity index (χ1n) is 7.73. The van der Waals surface area contributed by atoms with Crippen molar-refractivity contribution in [1.82, 2.24) is 0 Å². The van der Waals surface area contributed by atoms with E-state index in [0.717, 1.165) is 0 Å². The Kier molecular flexibility index (Phi) is 12.8. The Balaban J connectivity index is 0. The molecule has 0 aromatic heterocycles. The molecule has 0 unspecified atom stereocenters. The van der Waals surface area contributed by atoms with Gasteiger partial charge in [-0.25, -0.2) is 0 Å². The standard InChI is InChI=1S/C12H27P.C7H5O.HI.Pd/c1-10(2,3)13(11(4,5)6)12(7,8)9;8-6-7-4-2-1-3-5-7;;/h1-9H3;1-5H;1H;/q;-1;;+2. The molecule has 0 fully saturated rings. The van der Waals surface area contributed by atoms with Crippen molar-refractivity contribution >= 4 is 33.7 Å². The van der Waals surface area contributed by atoms with Gasteiger partial charge in [-0.05, 0) is 62.3 Å². The summed E-state index contributed by atoms with van der Waals surface area (Å²) < 4.78 is 0. The molecule has 0 aliphatic carbocycles. The van der Waals surface area contributed by atoms with Crippen LogP contribution in [-0.2, 0) is 20.4 Å². The number of hydrogen-bond donors (Lipinski definition) is 0. The molecular formula is C19H33IOPPd+. The van der Waals surface area contributed by atoms with Crippen molar-refractivity contribution in [2.75, 3.05) is 0 Å². The average molecular weight is 542 g/mol. The maximum absolute atomic E-state index is 9.88. The molecule has 0 bridgehead atoms. The second-order valence-electron chi connectivity index (χ2n) is 8.59. The molecule has 0 heterocycles. The predicted octanol–water partition coefficient (Wildman–Crippen LogP) is 6.62. The molecule has 1 aromatic carbocycles. The summed E-state index contributed by atoms with van der Waals surface area (Å²) in [6, 6.07) is 8.90. The molecule has 0 atom stereocenters. The second kappa shape index (κ2) is 11.4. The zero-order chi connectivity index (χ0) is 18.9. The van der Waals surface area contributed by atoms with Crippen LogP contribution in [0, 0.1) is 0 Å². The first-order chi connectivity index (χ1) is 10.3. The van der Waals surface area contributed by atoms with E-state index < -0.39 is 7.92 Å². The third-order valence-electron chi connectivity index (χ3n) is 3.14. The number of rotatable bonds is 1. The van der Waals surface area contributed by atoms with Gasteiger partial charge < -0.3 is 4.79 Å². The van der Waals surface area contributed by atoms with E-state index in [1.54, 1.807) is 30.6 Å². The van der Waals surface area contributed by atoms with Gasteiger partial charge in [-0.15, -0.1) is 12.1 Å². The summed E-state index contributed by atoms with van der Waals surface area (Å²) in [4.78, 5) is 9.88. The molecule has 1 nitrogen and oxygen atoms in total. The van der Waals surface area contributed by atoms with E-state index in [0.29, 0.717) is 21.0 Å². The van der Waals surface area contributed by atoms with Gasteiger partial charge in [0.1, 0.15) is 0 Å². The molecular weight excluding hydrogens is 509 g/mol. The van der Waals surface area contributed by atoms with Crippen molar-refractivity contribution < 1.29 is 20.4 Å². The molecule has 0 saturated carbocycles. The van der Waals surface area contributed by atoms with Gasteiger partial charge in [-0.3, -0.25) is 0 Å². The molecule has 4 heteroatoms. The van der Waals surface area contributed by atoms with Crippen molar-refractivity contribution in [3.8, 4) is 0 Å². The topological polar surface area (TPSA) is 17.1 Å². The fourth-order valence-electron chi connectivity index (χ4n) is 3.88. The monoisotopic (exact) mass is 541 g/mol. The molecule has 23 heavy (non-hydrogen) atoms. The van der Waals surface area contributed by atoms with Crippen LogP contribution < -0.4 is 0 Å². The van der Waals surface area contributed by atoms with Gasteiger partial charge in [0.15, 0.2) is 0 Å². The first-order valence-corrected chi connectivity index (χ1v) is 13.9. The average Bonchev–Trinajstić information content (AvgIpc) is 2.37. The van der Waals surface area contributed by atoms with E-state index in [2.05, 4.69) is 77.9 Å². The van der Waals surface area contributed by atoms with Crippen molar-refractivity contribution in [3.05, 3.63) is 35.9 Å². The number of halogens is 1. The third-order valence-corrected chi connectivity index (χ3v) is 7.64. The van der Waals surface area contributed by atoms with Gasteiger partial charge in [0, 0.05) is 7.92 Å². The quantitative estimate of drug-likeness (QED) is 0.169. The Bertz CT molecular complexity index is 394. The molecule has 0 radical (unpaired) electrons. The molecule has 1 aromatic rings. The van der Waals surface area contributed by atoms with Crippen LogP contribution in [-0.4, -0.2) is 21.8 Å². The van der Waals surface area contributed by atoms with E-state index >= 15 is 0 Å². The predicted molar refractivity (Wildman–Crippen MR) is 113 cm³/mol. The summed E-state index contributed by atoms with van der Waals surface area (Å²) in [5.41, 5.74) is 0.604. The van der Waals surface area contributed by atoms with Crippen LogP contribution >= 0.6 is 27.4 Å². The van der Waals surface area contributed by atoms with Crippen LogP contribution in [0.15, 0.2) is 30.3 Å². The third kappa shape index (κ3) is 11.8. The molecule has 136 valence electrons. The van der Waals surface area contributed by atoms with Crippen molar-refractivity contribution in [2.45, 2.75) is 77.8 Å². The van der Waals surface area contributed by atoms with E-state index in [1.807, 2.05) is 25.6 Å². The normalized spacial score (nSPS) is 11.9. The van der Waals surface area contributed by atoms with Crippen LogP contribution in [0.25, 0.3) is 0 Å². The molecule has 0 saturated heterocycles. The van der Waals surface area contributed by atoms with E-state index in [4.69, 9.17) is 0 Å². The molecule has 0 N–H and O–H groups in total. The van der Waals surface area contributed by atoms with Crippen LogP contribution in [0.3, 0.4) is 0 Å². The minimum atomic E-state index is -0.391. The zero-order valence-corrected chi connectivity index (χ0v) is 20.7. The van der Waals surface area contributed by atoms with Gasteiger partial charge in [-0.1, -0.05) is 6.07 Å². The summed E-state index contributed by atoms with van der Waals surface area (Å²) in [7, 11) is -0.391. The molecule has 1 rings (SSSR count). The van der Waals surface area contributed by atoms with E-state index in [9.17, 15) is 4.79 Å². The van der Waals surface area contributed by atoms with Crippen LogP contribution in [0.1, 0.15) is 67.9 Å². The molecule has 0 aliphatic heterocycles. The maximum atomic E-state index is 9.88. The Morgan fingerprint density at radius 3 is 1.22 bits per heavy atom. The summed E-state index contributed by atoms with van der Waals surface area (Å²) in [5, 5.41) is 1.46. The van der Waals surface area contributed by atoms with E-state index in [-0.39, 0.29) is 0 Å². The van der Waals surface area contributed by atoms with Gasteiger partial charge in [0.2, 0.25) is 0 Å². The second-order valence-corrected chi connectivity index (χ2v) is 13.8. The van der Waals surface area contributed by atoms with Gasteiger partial charge in [0.05, 0.1) is 21.8 Å². The van der Waals surface area contributed by atoms with Crippen LogP contribution in [0.5, 0.6) is 0 Å². The first kappa shape index (κ1) is 25.9. The number of benzene rings is 1. The fourth-order valence-corrected chi connectivity index (χ4v) is 10.6. The zero-order valence-electron chi connectivity index (χ0n) is 16.0. The van der Waals surface area contributed by atoms with Crippen LogP contribution in [0.2, 0.25) is 0 Å². The number of hydrogen-bond acceptors (Lipinski definition) is 1. The summed E-state index contributed by atoms with van der Waals surface area (Å²) >= 11 is 4.72. The summed E-state index contributed by atoms with van der Waals surface area (Å²) in [6.45, 7) is 21.6. The molecule has 0 amide bonds. The Morgan fingerprint density at radius 1 is 0.783 bits per heavy atom. The fraction of sp³-hybridized carbons (Fsp3) is 0.632. The van der Waals surface area contributed by atoms with Crippen LogP contribution in [0.4, 0.5) is 0 Å². The van der Waals surface area contributed by atoms with Gasteiger partial charge >= 0.3 is 35.1 Å². The molecule has 0 spiro atoms.